The SMILES string of the molecule is CCC1NC2(CCCC2)C(=O)N1C1C2C3CCC(C3)C21. The molecule has 5 unspecified atom stereocenters. The molecule has 5 rings (SSSR count). The molecular weight excluding hydrogens is 248 g/mol. The number of nitrogens with one attached hydrogen (secondary N) is 1. The molecular formula is C17H26N2O. The van der Waals surface area contributed by atoms with Crippen LogP contribution in [0.3, 0.4) is 0 Å². The van der Waals surface area contributed by atoms with Crippen LogP contribution in [-0.2, 0) is 4.79 Å². The Bertz CT molecular complexity index is 440. The topological polar surface area (TPSA) is 32.3 Å². The minimum Gasteiger partial charge on any atom is -0.322 e. The zero-order chi connectivity index (χ0) is 13.5. The van der Waals surface area contributed by atoms with Gasteiger partial charge in [-0.05, 0) is 62.2 Å². The highest BCUT2D eigenvalue weighted by Gasteiger charge is 2.70. The van der Waals surface area contributed by atoms with E-state index in [0.29, 0.717) is 18.1 Å². The molecule has 5 fully saturated rings. The number of hydrogen-bond donors (Lipinski definition) is 1. The van der Waals surface area contributed by atoms with Crippen molar-refractivity contribution in [2.45, 2.75) is 76.0 Å². The molecule has 4 saturated carbocycles. The van der Waals surface area contributed by atoms with E-state index in [2.05, 4.69) is 17.1 Å². The van der Waals surface area contributed by atoms with Gasteiger partial charge in [0.1, 0.15) is 0 Å². The van der Waals surface area contributed by atoms with E-state index in [0.717, 1.165) is 42.9 Å². The summed E-state index contributed by atoms with van der Waals surface area (Å²) in [4.78, 5) is 15.4. The standard InChI is InChI=1S/C17H26N2O/c1-2-12-18-17(7-3-4-8-17)16(20)19(12)15-13-10-5-6-11(9-10)14(13)15/h10-15,18H,2-9H2,1H3. The number of fused-ring (bicyclic) bond motifs is 5. The molecule has 2 bridgehead atoms. The van der Waals surface area contributed by atoms with Crippen molar-refractivity contribution >= 4 is 5.91 Å². The highest BCUT2D eigenvalue weighted by molar-refractivity contribution is 5.90. The molecule has 1 saturated heterocycles. The van der Waals surface area contributed by atoms with Crippen molar-refractivity contribution in [1.29, 1.82) is 0 Å². The number of carbonyl (C=O) groups excluding carboxylic acids is 1. The molecule has 1 aliphatic heterocycles. The maximum atomic E-state index is 13.1. The van der Waals surface area contributed by atoms with Gasteiger partial charge in [-0.15, -0.1) is 0 Å². The van der Waals surface area contributed by atoms with Crippen LogP contribution in [0.2, 0.25) is 0 Å². The molecule has 4 aliphatic carbocycles. The first kappa shape index (κ1) is 12.0. The summed E-state index contributed by atoms with van der Waals surface area (Å²) in [5.41, 5.74) is -0.156. The highest BCUT2D eigenvalue weighted by Crippen LogP contribution is 2.68. The Balaban J connectivity index is 1.44. The third kappa shape index (κ3) is 1.29. The normalized spacial score (nSPS) is 51.2. The van der Waals surface area contributed by atoms with E-state index in [1.165, 1.54) is 32.1 Å². The summed E-state index contributed by atoms with van der Waals surface area (Å²) < 4.78 is 0. The lowest BCUT2D eigenvalue weighted by Crippen LogP contribution is -2.44. The zero-order valence-corrected chi connectivity index (χ0v) is 12.5. The van der Waals surface area contributed by atoms with Crippen LogP contribution in [0.5, 0.6) is 0 Å². The quantitative estimate of drug-likeness (QED) is 0.839. The second-order valence-electron chi connectivity index (χ2n) is 8.05. The van der Waals surface area contributed by atoms with E-state index in [1.807, 2.05) is 0 Å². The Morgan fingerprint density at radius 1 is 1.20 bits per heavy atom. The van der Waals surface area contributed by atoms with E-state index in [9.17, 15) is 4.79 Å². The lowest BCUT2D eigenvalue weighted by Gasteiger charge is -2.26. The van der Waals surface area contributed by atoms with Gasteiger partial charge in [-0.3, -0.25) is 10.1 Å². The zero-order valence-electron chi connectivity index (χ0n) is 12.5. The van der Waals surface area contributed by atoms with Gasteiger partial charge in [-0.1, -0.05) is 19.8 Å². The predicted octanol–water partition coefficient (Wildman–Crippen LogP) is 2.51. The van der Waals surface area contributed by atoms with E-state index < -0.39 is 0 Å². The molecule has 0 aromatic heterocycles. The van der Waals surface area contributed by atoms with Crippen LogP contribution >= 0.6 is 0 Å². The second kappa shape index (κ2) is 3.79. The molecule has 1 N–H and O–H groups in total. The van der Waals surface area contributed by atoms with Crippen LogP contribution in [-0.4, -0.2) is 28.6 Å². The molecule has 110 valence electrons. The van der Waals surface area contributed by atoms with Crippen molar-refractivity contribution in [3.63, 3.8) is 0 Å². The summed E-state index contributed by atoms with van der Waals surface area (Å²) in [5, 5.41) is 3.75. The number of rotatable bonds is 2. The van der Waals surface area contributed by atoms with Gasteiger partial charge < -0.3 is 4.90 Å². The molecule has 1 amide bonds. The van der Waals surface area contributed by atoms with Crippen LogP contribution in [0.25, 0.3) is 0 Å². The predicted molar refractivity (Wildman–Crippen MR) is 76.9 cm³/mol. The maximum absolute atomic E-state index is 13.1. The van der Waals surface area contributed by atoms with Crippen LogP contribution in [0.15, 0.2) is 0 Å². The summed E-state index contributed by atoms with van der Waals surface area (Å²) in [6.07, 6.45) is 10.4. The third-order valence-corrected chi connectivity index (χ3v) is 7.28. The van der Waals surface area contributed by atoms with Crippen molar-refractivity contribution in [3.05, 3.63) is 0 Å². The van der Waals surface area contributed by atoms with Gasteiger partial charge in [0.15, 0.2) is 0 Å². The fourth-order valence-corrected chi connectivity index (χ4v) is 6.47. The largest absolute Gasteiger partial charge is 0.322 e. The van der Waals surface area contributed by atoms with Gasteiger partial charge in [0, 0.05) is 6.04 Å². The Labute approximate surface area is 121 Å². The fraction of sp³-hybridized carbons (Fsp3) is 0.941. The first-order chi connectivity index (χ1) is 9.75. The summed E-state index contributed by atoms with van der Waals surface area (Å²) in [6, 6.07) is 0.617. The summed E-state index contributed by atoms with van der Waals surface area (Å²) in [5.74, 6) is 4.15. The average molecular weight is 274 g/mol. The molecule has 20 heavy (non-hydrogen) atoms. The van der Waals surface area contributed by atoms with Gasteiger partial charge in [-0.2, -0.15) is 0 Å². The average Bonchev–Trinajstić information content (AvgIpc) is 2.93. The number of nitrogens with zero attached hydrogens (tertiary/aromatic N) is 1. The first-order valence-corrected chi connectivity index (χ1v) is 8.85. The van der Waals surface area contributed by atoms with Gasteiger partial charge in [-0.25, -0.2) is 0 Å². The van der Waals surface area contributed by atoms with Crippen molar-refractivity contribution in [3.8, 4) is 0 Å². The molecule has 0 aromatic carbocycles. The van der Waals surface area contributed by atoms with Gasteiger partial charge >= 0.3 is 0 Å². The van der Waals surface area contributed by atoms with E-state index in [-0.39, 0.29) is 5.54 Å². The Morgan fingerprint density at radius 2 is 1.85 bits per heavy atom. The molecule has 3 heteroatoms. The lowest BCUT2D eigenvalue weighted by molar-refractivity contribution is -0.134. The molecule has 0 radical (unpaired) electrons. The minimum atomic E-state index is -0.156. The Morgan fingerprint density at radius 3 is 2.45 bits per heavy atom. The van der Waals surface area contributed by atoms with Crippen molar-refractivity contribution < 1.29 is 4.79 Å². The van der Waals surface area contributed by atoms with Crippen molar-refractivity contribution in [2.75, 3.05) is 0 Å². The van der Waals surface area contributed by atoms with Crippen LogP contribution in [0.1, 0.15) is 58.3 Å². The number of hydrogen-bond acceptors (Lipinski definition) is 2. The molecule has 1 heterocycles. The van der Waals surface area contributed by atoms with Crippen LogP contribution in [0.4, 0.5) is 0 Å². The number of amides is 1. The van der Waals surface area contributed by atoms with Gasteiger partial charge in [0.25, 0.3) is 0 Å². The third-order valence-electron chi connectivity index (χ3n) is 7.28. The van der Waals surface area contributed by atoms with E-state index in [4.69, 9.17) is 0 Å². The maximum Gasteiger partial charge on any atom is 0.244 e. The van der Waals surface area contributed by atoms with Gasteiger partial charge in [0.2, 0.25) is 5.91 Å². The van der Waals surface area contributed by atoms with Crippen molar-refractivity contribution in [2.24, 2.45) is 23.7 Å². The lowest BCUT2D eigenvalue weighted by atomic mass is 9.97. The summed E-state index contributed by atoms with van der Waals surface area (Å²) >= 11 is 0. The smallest absolute Gasteiger partial charge is 0.244 e. The van der Waals surface area contributed by atoms with Crippen molar-refractivity contribution in [1.82, 2.24) is 10.2 Å². The molecule has 5 aliphatic rings. The Hall–Kier alpha value is -0.570. The molecule has 3 nitrogen and oxygen atoms in total. The van der Waals surface area contributed by atoms with E-state index in [1.54, 1.807) is 0 Å². The fourth-order valence-electron chi connectivity index (χ4n) is 6.47. The Kier molecular flexibility index (Phi) is 2.28. The molecule has 1 spiro atoms. The van der Waals surface area contributed by atoms with E-state index >= 15 is 0 Å². The molecule has 5 atom stereocenters. The highest BCUT2D eigenvalue weighted by atomic mass is 16.2. The first-order valence-electron chi connectivity index (χ1n) is 8.85. The van der Waals surface area contributed by atoms with Crippen LogP contribution < -0.4 is 5.32 Å². The summed E-state index contributed by atoms with van der Waals surface area (Å²) in [6.45, 7) is 2.23. The second-order valence-corrected chi connectivity index (χ2v) is 8.05. The molecule has 0 aromatic rings. The summed E-state index contributed by atoms with van der Waals surface area (Å²) in [7, 11) is 0. The number of carbonyl (C=O) groups is 1. The monoisotopic (exact) mass is 274 g/mol. The van der Waals surface area contributed by atoms with Crippen LogP contribution in [0, 0.1) is 23.7 Å². The van der Waals surface area contributed by atoms with Gasteiger partial charge in [0.05, 0.1) is 11.7 Å². The minimum absolute atomic E-state index is 0.156.